The molecule has 26 heavy (non-hydrogen) atoms. The van der Waals surface area contributed by atoms with Gasteiger partial charge in [0, 0.05) is 5.69 Å². The van der Waals surface area contributed by atoms with Gasteiger partial charge in [-0.25, -0.2) is 4.79 Å². The van der Waals surface area contributed by atoms with E-state index in [1.807, 2.05) is 12.2 Å². The molecular weight excluding hydrogens is 336 g/mol. The van der Waals surface area contributed by atoms with Crippen LogP contribution < -0.4 is 5.32 Å². The fourth-order valence-corrected chi connectivity index (χ4v) is 3.31. The maximum absolute atomic E-state index is 12.4. The minimum absolute atomic E-state index is 0.256. The Morgan fingerprint density at radius 3 is 2.42 bits per heavy atom. The van der Waals surface area contributed by atoms with Crippen LogP contribution in [0.1, 0.15) is 30.1 Å². The number of carbonyl (C=O) groups excluding carboxylic acids is 4. The van der Waals surface area contributed by atoms with E-state index in [0.29, 0.717) is 24.1 Å². The number of rotatable bonds is 5. The summed E-state index contributed by atoms with van der Waals surface area (Å²) < 4.78 is 4.92. The Labute approximate surface area is 151 Å². The molecule has 1 saturated heterocycles. The number of allylic oxidation sites excluding steroid dienone is 2. The van der Waals surface area contributed by atoms with E-state index in [1.54, 1.807) is 25.1 Å². The molecular formula is C19H20N2O5. The Morgan fingerprint density at radius 1 is 1.15 bits per heavy atom. The molecule has 2 atom stereocenters. The van der Waals surface area contributed by atoms with Crippen molar-refractivity contribution in [3.63, 3.8) is 0 Å². The first-order valence-corrected chi connectivity index (χ1v) is 8.58. The molecule has 3 rings (SSSR count). The Morgan fingerprint density at radius 2 is 1.81 bits per heavy atom. The molecule has 7 nitrogen and oxygen atoms in total. The van der Waals surface area contributed by atoms with Crippen LogP contribution >= 0.6 is 0 Å². The number of hydrogen-bond acceptors (Lipinski definition) is 5. The molecule has 136 valence electrons. The molecule has 1 heterocycles. The lowest BCUT2D eigenvalue weighted by atomic mass is 9.85. The van der Waals surface area contributed by atoms with E-state index in [-0.39, 0.29) is 36.8 Å². The second kappa shape index (κ2) is 7.51. The molecule has 1 N–H and O–H groups in total. The van der Waals surface area contributed by atoms with Crippen molar-refractivity contribution >= 4 is 29.4 Å². The number of hydrogen-bond donors (Lipinski definition) is 1. The van der Waals surface area contributed by atoms with Gasteiger partial charge in [-0.3, -0.25) is 19.3 Å². The number of carbonyl (C=O) groups is 4. The lowest BCUT2D eigenvalue weighted by Crippen LogP contribution is -2.38. The number of imide groups is 1. The number of anilines is 1. The first kappa shape index (κ1) is 17.8. The topological polar surface area (TPSA) is 92.8 Å². The van der Waals surface area contributed by atoms with E-state index < -0.39 is 11.9 Å². The standard InChI is InChI=1S/C19H20N2O5/c1-2-26-19(25)12-6-5-7-13(10-12)20-16(22)11-21-17(23)14-8-3-4-9-15(14)18(21)24/h3-7,10,14-15H,2,8-9,11H2,1H3,(H,20,22)/t14-,15+. The lowest BCUT2D eigenvalue weighted by Gasteiger charge is -2.14. The Balaban J connectivity index is 1.64. The monoisotopic (exact) mass is 356 g/mol. The number of nitrogens with one attached hydrogen (secondary N) is 1. The quantitative estimate of drug-likeness (QED) is 0.493. The molecule has 1 aliphatic heterocycles. The van der Waals surface area contributed by atoms with E-state index in [1.165, 1.54) is 6.07 Å². The van der Waals surface area contributed by atoms with Gasteiger partial charge in [-0.1, -0.05) is 18.2 Å². The number of esters is 1. The van der Waals surface area contributed by atoms with Gasteiger partial charge in [0.25, 0.3) is 0 Å². The highest BCUT2D eigenvalue weighted by Crippen LogP contribution is 2.34. The van der Waals surface area contributed by atoms with Gasteiger partial charge < -0.3 is 10.1 Å². The highest BCUT2D eigenvalue weighted by molar-refractivity contribution is 6.09. The van der Waals surface area contributed by atoms with Gasteiger partial charge in [0.2, 0.25) is 17.7 Å². The van der Waals surface area contributed by atoms with E-state index in [9.17, 15) is 19.2 Å². The van der Waals surface area contributed by atoms with Crippen LogP contribution in [0.2, 0.25) is 0 Å². The Bertz CT molecular complexity index is 760. The number of likely N-dealkylation sites (tertiary alicyclic amines) is 1. The number of nitrogens with zero attached hydrogens (tertiary/aromatic N) is 1. The fraction of sp³-hybridized carbons (Fsp3) is 0.368. The largest absolute Gasteiger partial charge is 0.462 e. The summed E-state index contributed by atoms with van der Waals surface area (Å²) in [4.78, 5) is 49.8. The second-order valence-corrected chi connectivity index (χ2v) is 6.27. The molecule has 3 amide bonds. The minimum Gasteiger partial charge on any atom is -0.462 e. The molecule has 1 fully saturated rings. The third-order valence-corrected chi connectivity index (χ3v) is 4.56. The van der Waals surface area contributed by atoms with Crippen molar-refractivity contribution in [3.05, 3.63) is 42.0 Å². The summed E-state index contributed by atoms with van der Waals surface area (Å²) >= 11 is 0. The van der Waals surface area contributed by atoms with Crippen LogP contribution in [0.5, 0.6) is 0 Å². The number of ether oxygens (including phenoxy) is 1. The third kappa shape index (κ3) is 3.51. The molecule has 2 aliphatic rings. The van der Waals surface area contributed by atoms with Crippen LogP contribution in [0.25, 0.3) is 0 Å². The SMILES string of the molecule is CCOC(=O)c1cccc(NC(=O)CN2C(=O)[C@H]3CC=CC[C@H]3C2=O)c1. The summed E-state index contributed by atoms with van der Waals surface area (Å²) in [6, 6.07) is 6.32. The van der Waals surface area contributed by atoms with E-state index in [2.05, 4.69) is 5.32 Å². The lowest BCUT2D eigenvalue weighted by molar-refractivity contribution is -0.142. The molecule has 1 aliphatic carbocycles. The minimum atomic E-state index is -0.487. The van der Waals surface area contributed by atoms with Crippen LogP contribution in [-0.2, 0) is 19.1 Å². The highest BCUT2D eigenvalue weighted by atomic mass is 16.5. The van der Waals surface area contributed by atoms with Gasteiger partial charge in [-0.15, -0.1) is 0 Å². The van der Waals surface area contributed by atoms with Crippen molar-refractivity contribution in [2.75, 3.05) is 18.5 Å². The van der Waals surface area contributed by atoms with Crippen molar-refractivity contribution in [1.82, 2.24) is 4.90 Å². The molecule has 1 aromatic rings. The van der Waals surface area contributed by atoms with Gasteiger partial charge >= 0.3 is 5.97 Å². The van der Waals surface area contributed by atoms with Gasteiger partial charge in [-0.2, -0.15) is 0 Å². The third-order valence-electron chi connectivity index (χ3n) is 4.56. The summed E-state index contributed by atoms with van der Waals surface area (Å²) in [5.74, 6) is -2.26. The Hall–Kier alpha value is -2.96. The van der Waals surface area contributed by atoms with E-state index in [0.717, 1.165) is 4.90 Å². The summed E-state index contributed by atoms with van der Waals surface area (Å²) in [5, 5.41) is 2.62. The predicted octanol–water partition coefficient (Wildman–Crippen LogP) is 1.75. The maximum atomic E-state index is 12.4. The maximum Gasteiger partial charge on any atom is 0.338 e. The summed E-state index contributed by atoms with van der Waals surface area (Å²) in [6.45, 7) is 1.64. The fourth-order valence-electron chi connectivity index (χ4n) is 3.31. The zero-order valence-electron chi connectivity index (χ0n) is 14.4. The van der Waals surface area contributed by atoms with E-state index in [4.69, 9.17) is 4.74 Å². The number of fused-ring (bicyclic) bond motifs is 1. The summed E-state index contributed by atoms with van der Waals surface area (Å²) in [7, 11) is 0. The number of benzene rings is 1. The van der Waals surface area contributed by atoms with Crippen molar-refractivity contribution in [2.45, 2.75) is 19.8 Å². The molecule has 0 saturated carbocycles. The smallest absolute Gasteiger partial charge is 0.338 e. The molecule has 0 radical (unpaired) electrons. The van der Waals surface area contributed by atoms with Crippen molar-refractivity contribution in [2.24, 2.45) is 11.8 Å². The number of amides is 3. The highest BCUT2D eigenvalue weighted by Gasteiger charge is 2.47. The average molecular weight is 356 g/mol. The average Bonchev–Trinajstić information content (AvgIpc) is 2.87. The molecule has 0 bridgehead atoms. The van der Waals surface area contributed by atoms with Crippen LogP contribution in [-0.4, -0.2) is 41.7 Å². The van der Waals surface area contributed by atoms with Crippen LogP contribution in [0.15, 0.2) is 36.4 Å². The van der Waals surface area contributed by atoms with Crippen molar-refractivity contribution in [3.8, 4) is 0 Å². The van der Waals surface area contributed by atoms with Crippen molar-refractivity contribution in [1.29, 1.82) is 0 Å². The van der Waals surface area contributed by atoms with Gasteiger partial charge in [0.05, 0.1) is 24.0 Å². The van der Waals surface area contributed by atoms with Crippen LogP contribution in [0, 0.1) is 11.8 Å². The zero-order valence-corrected chi connectivity index (χ0v) is 14.4. The van der Waals surface area contributed by atoms with Gasteiger partial charge in [0.15, 0.2) is 0 Å². The summed E-state index contributed by atoms with van der Waals surface area (Å²) in [6.07, 6.45) is 4.87. The predicted molar refractivity (Wildman–Crippen MR) is 93.1 cm³/mol. The van der Waals surface area contributed by atoms with E-state index >= 15 is 0 Å². The normalized spacial score (nSPS) is 21.5. The van der Waals surface area contributed by atoms with Crippen molar-refractivity contribution < 1.29 is 23.9 Å². The molecule has 1 aromatic carbocycles. The zero-order chi connectivity index (χ0) is 18.7. The Kier molecular flexibility index (Phi) is 5.16. The van der Waals surface area contributed by atoms with Crippen LogP contribution in [0.3, 0.4) is 0 Å². The molecule has 7 heteroatoms. The summed E-state index contributed by atoms with van der Waals surface area (Å²) in [5.41, 5.74) is 0.716. The first-order chi connectivity index (χ1) is 12.5. The first-order valence-electron chi connectivity index (χ1n) is 8.58. The molecule has 0 unspecified atom stereocenters. The molecule has 0 aromatic heterocycles. The van der Waals surface area contributed by atoms with Crippen LogP contribution in [0.4, 0.5) is 5.69 Å². The molecule has 0 spiro atoms. The van der Waals surface area contributed by atoms with Gasteiger partial charge in [0.1, 0.15) is 6.54 Å². The van der Waals surface area contributed by atoms with Gasteiger partial charge in [-0.05, 0) is 38.0 Å². The second-order valence-electron chi connectivity index (χ2n) is 6.27.